The monoisotopic (exact) mass is 349 g/mol. The first-order valence-electron chi connectivity index (χ1n) is 9.44. The van der Waals surface area contributed by atoms with E-state index >= 15 is 0 Å². The zero-order valence-electron chi connectivity index (χ0n) is 14.8. The number of aromatic nitrogens is 5. The highest BCUT2D eigenvalue weighted by atomic mass is 15.3. The third-order valence-electron chi connectivity index (χ3n) is 5.39. The van der Waals surface area contributed by atoms with Gasteiger partial charge >= 0.3 is 0 Å². The fraction of sp³-hybridized carbons (Fsp3) is 0.474. The number of nitrogens with zero attached hydrogens (tertiary/aromatic N) is 6. The summed E-state index contributed by atoms with van der Waals surface area (Å²) in [6, 6.07) is 6.86. The number of hydrogen-bond acceptors (Lipinski definition) is 6. The molecule has 0 spiro atoms. The normalized spacial score (nSPS) is 19.1. The van der Waals surface area contributed by atoms with E-state index < -0.39 is 0 Å². The molecule has 3 aromatic rings. The number of anilines is 1. The molecule has 3 aromatic heterocycles. The summed E-state index contributed by atoms with van der Waals surface area (Å²) in [5, 5.41) is 16.6. The lowest BCUT2D eigenvalue weighted by atomic mass is 10.0. The predicted molar refractivity (Wildman–Crippen MR) is 98.9 cm³/mol. The molecule has 2 fully saturated rings. The summed E-state index contributed by atoms with van der Waals surface area (Å²) in [4.78, 5) is 6.61. The van der Waals surface area contributed by atoms with Crippen LogP contribution in [0.15, 0.2) is 36.9 Å². The van der Waals surface area contributed by atoms with Gasteiger partial charge in [-0.05, 0) is 49.4 Å². The highest BCUT2D eigenvalue weighted by Crippen LogP contribution is 2.40. The fourth-order valence-corrected chi connectivity index (χ4v) is 3.73. The van der Waals surface area contributed by atoms with E-state index in [0.717, 1.165) is 49.5 Å². The van der Waals surface area contributed by atoms with Crippen LogP contribution in [0.1, 0.15) is 42.9 Å². The maximum absolute atomic E-state index is 4.65. The van der Waals surface area contributed by atoms with Gasteiger partial charge in [-0.15, -0.1) is 10.2 Å². The van der Waals surface area contributed by atoms with Crippen molar-refractivity contribution in [2.75, 3.05) is 18.4 Å². The number of pyridine rings is 1. The molecule has 5 rings (SSSR count). The molecular formula is C19H23N7. The van der Waals surface area contributed by atoms with Crippen LogP contribution in [-0.4, -0.2) is 48.8 Å². The fourth-order valence-electron chi connectivity index (χ4n) is 3.73. The van der Waals surface area contributed by atoms with Gasteiger partial charge < -0.3 is 5.32 Å². The van der Waals surface area contributed by atoms with Crippen molar-refractivity contribution in [3.63, 3.8) is 0 Å². The molecule has 1 N–H and O–H groups in total. The maximum Gasteiger partial charge on any atom is 0.200 e. The topological polar surface area (TPSA) is 71.2 Å². The first kappa shape index (κ1) is 15.7. The Morgan fingerprint density at radius 3 is 2.65 bits per heavy atom. The molecule has 2 aliphatic rings. The van der Waals surface area contributed by atoms with E-state index in [1.54, 1.807) is 6.33 Å². The lowest BCUT2D eigenvalue weighted by Gasteiger charge is -2.32. The van der Waals surface area contributed by atoms with Gasteiger partial charge in [0.25, 0.3) is 0 Å². The van der Waals surface area contributed by atoms with Gasteiger partial charge in [0, 0.05) is 44.0 Å². The number of hydrogen-bond donors (Lipinski definition) is 1. The Labute approximate surface area is 152 Å². The minimum Gasteiger partial charge on any atom is -0.379 e. The van der Waals surface area contributed by atoms with Crippen molar-refractivity contribution >= 4 is 11.3 Å². The van der Waals surface area contributed by atoms with Crippen LogP contribution in [0.3, 0.4) is 0 Å². The van der Waals surface area contributed by atoms with Crippen molar-refractivity contribution in [2.24, 2.45) is 0 Å². The van der Waals surface area contributed by atoms with Crippen LogP contribution in [0.4, 0.5) is 5.69 Å². The SMILES string of the molecule is c1cc(CN2CCC(Nc3cc(C4CC4)nn4cnnc34)CC2)ccn1. The summed E-state index contributed by atoms with van der Waals surface area (Å²) in [5.74, 6) is 0.615. The van der Waals surface area contributed by atoms with Crippen LogP contribution in [0.5, 0.6) is 0 Å². The summed E-state index contributed by atoms with van der Waals surface area (Å²) in [6.07, 6.45) is 10.2. The van der Waals surface area contributed by atoms with Crippen molar-refractivity contribution in [2.45, 2.75) is 44.2 Å². The standard InChI is InChI=1S/C19H23N7/c1-2-15(1)17-11-18(19-23-21-13-26(19)24-17)22-16-5-9-25(10-6-16)12-14-3-7-20-8-4-14/h3-4,7-8,11,13,15-16,22H,1-2,5-6,9-10,12H2. The molecule has 1 aliphatic carbocycles. The summed E-state index contributed by atoms with van der Waals surface area (Å²) < 4.78 is 1.81. The van der Waals surface area contributed by atoms with Crippen LogP contribution < -0.4 is 5.32 Å². The van der Waals surface area contributed by atoms with Gasteiger partial charge in [0.2, 0.25) is 5.65 Å². The van der Waals surface area contributed by atoms with Crippen molar-refractivity contribution in [1.29, 1.82) is 0 Å². The van der Waals surface area contributed by atoms with Crippen molar-refractivity contribution in [3.8, 4) is 0 Å². The van der Waals surface area contributed by atoms with E-state index in [1.165, 1.54) is 18.4 Å². The number of rotatable bonds is 5. The van der Waals surface area contributed by atoms with Gasteiger partial charge in [-0.1, -0.05) is 0 Å². The van der Waals surface area contributed by atoms with E-state index in [9.17, 15) is 0 Å². The number of nitrogens with one attached hydrogen (secondary N) is 1. The quantitative estimate of drug-likeness (QED) is 0.763. The summed E-state index contributed by atoms with van der Waals surface area (Å²) in [7, 11) is 0. The van der Waals surface area contributed by atoms with Crippen LogP contribution in [0.2, 0.25) is 0 Å². The molecule has 0 atom stereocenters. The first-order chi connectivity index (χ1) is 12.8. The van der Waals surface area contributed by atoms with E-state index in [4.69, 9.17) is 0 Å². The first-order valence-corrected chi connectivity index (χ1v) is 9.44. The van der Waals surface area contributed by atoms with E-state index in [2.05, 4.69) is 48.7 Å². The predicted octanol–water partition coefficient (Wildman–Crippen LogP) is 2.47. The second-order valence-corrected chi connectivity index (χ2v) is 7.41. The lowest BCUT2D eigenvalue weighted by Crippen LogP contribution is -2.38. The largest absolute Gasteiger partial charge is 0.379 e. The van der Waals surface area contributed by atoms with Gasteiger partial charge in [0.1, 0.15) is 6.33 Å². The minimum atomic E-state index is 0.471. The van der Waals surface area contributed by atoms with Gasteiger partial charge in [0.05, 0.1) is 11.4 Å². The molecule has 7 heteroatoms. The van der Waals surface area contributed by atoms with E-state index in [0.29, 0.717) is 12.0 Å². The Kier molecular flexibility index (Phi) is 4.01. The van der Waals surface area contributed by atoms with E-state index in [1.807, 2.05) is 16.9 Å². The molecule has 0 bridgehead atoms. The second-order valence-electron chi connectivity index (χ2n) is 7.41. The molecule has 4 heterocycles. The number of likely N-dealkylation sites (tertiary alicyclic amines) is 1. The summed E-state index contributed by atoms with van der Waals surface area (Å²) in [5.41, 5.74) is 4.40. The van der Waals surface area contributed by atoms with E-state index in [-0.39, 0.29) is 0 Å². The highest BCUT2D eigenvalue weighted by molar-refractivity contribution is 5.67. The Morgan fingerprint density at radius 2 is 1.88 bits per heavy atom. The molecule has 0 amide bonds. The summed E-state index contributed by atoms with van der Waals surface area (Å²) >= 11 is 0. The van der Waals surface area contributed by atoms with Gasteiger partial charge in [-0.25, -0.2) is 0 Å². The molecule has 0 aromatic carbocycles. The Hall–Kier alpha value is -2.54. The molecule has 7 nitrogen and oxygen atoms in total. The van der Waals surface area contributed by atoms with Gasteiger partial charge in [-0.2, -0.15) is 9.61 Å². The zero-order valence-corrected chi connectivity index (χ0v) is 14.8. The third-order valence-corrected chi connectivity index (χ3v) is 5.39. The molecule has 1 saturated carbocycles. The molecule has 26 heavy (non-hydrogen) atoms. The smallest absolute Gasteiger partial charge is 0.200 e. The minimum absolute atomic E-state index is 0.471. The number of fused-ring (bicyclic) bond motifs is 1. The zero-order chi connectivity index (χ0) is 17.3. The van der Waals surface area contributed by atoms with Crippen LogP contribution in [-0.2, 0) is 6.54 Å². The molecular weight excluding hydrogens is 326 g/mol. The van der Waals surface area contributed by atoms with Gasteiger partial charge in [0.15, 0.2) is 0 Å². The Balaban J connectivity index is 1.25. The Bertz CT molecular complexity index is 879. The number of piperidine rings is 1. The third kappa shape index (κ3) is 3.26. The van der Waals surface area contributed by atoms with Crippen molar-refractivity contribution < 1.29 is 0 Å². The Morgan fingerprint density at radius 1 is 1.08 bits per heavy atom. The van der Waals surface area contributed by atoms with Crippen molar-refractivity contribution in [1.82, 2.24) is 29.7 Å². The second kappa shape index (κ2) is 6.64. The van der Waals surface area contributed by atoms with Crippen LogP contribution >= 0.6 is 0 Å². The molecule has 0 unspecified atom stereocenters. The molecule has 1 saturated heterocycles. The lowest BCUT2D eigenvalue weighted by molar-refractivity contribution is 0.211. The van der Waals surface area contributed by atoms with Crippen LogP contribution in [0, 0.1) is 0 Å². The molecule has 0 radical (unpaired) electrons. The average Bonchev–Trinajstić information content (AvgIpc) is 3.42. The highest BCUT2D eigenvalue weighted by Gasteiger charge is 2.27. The molecule has 134 valence electrons. The summed E-state index contributed by atoms with van der Waals surface area (Å²) in [6.45, 7) is 3.21. The average molecular weight is 349 g/mol. The van der Waals surface area contributed by atoms with Crippen molar-refractivity contribution in [3.05, 3.63) is 48.2 Å². The van der Waals surface area contributed by atoms with Crippen LogP contribution in [0.25, 0.3) is 5.65 Å². The maximum atomic E-state index is 4.65. The van der Waals surface area contributed by atoms with Gasteiger partial charge in [-0.3, -0.25) is 9.88 Å². The molecule has 1 aliphatic heterocycles.